The van der Waals surface area contributed by atoms with Gasteiger partial charge in [-0.15, -0.1) is 0 Å². The van der Waals surface area contributed by atoms with Crippen LogP contribution in [-0.4, -0.2) is 31.1 Å². The van der Waals surface area contributed by atoms with Crippen LogP contribution in [0.15, 0.2) is 42.5 Å². The summed E-state index contributed by atoms with van der Waals surface area (Å²) < 4.78 is 10.0. The van der Waals surface area contributed by atoms with Crippen LogP contribution in [-0.2, 0) is 31.9 Å². The predicted molar refractivity (Wildman–Crippen MR) is 111 cm³/mol. The molecule has 0 N–H and O–H groups in total. The van der Waals surface area contributed by atoms with Crippen LogP contribution in [0.2, 0.25) is 5.02 Å². The summed E-state index contributed by atoms with van der Waals surface area (Å²) >= 11 is 6.02. The number of ether oxygens (including phenoxy) is 2. The van der Waals surface area contributed by atoms with E-state index >= 15 is 0 Å². The molecule has 1 aliphatic rings. The monoisotopic (exact) mass is 409 g/mol. The number of halogens is 1. The van der Waals surface area contributed by atoms with Gasteiger partial charge in [0.05, 0.1) is 25.4 Å². The van der Waals surface area contributed by atoms with E-state index in [1.165, 1.54) is 14.2 Å². The van der Waals surface area contributed by atoms with Crippen molar-refractivity contribution in [3.63, 3.8) is 0 Å². The van der Waals surface area contributed by atoms with E-state index in [1.54, 1.807) is 0 Å². The molecule has 0 spiro atoms. The Morgan fingerprint density at radius 2 is 1.66 bits per heavy atom. The molecule has 0 saturated heterocycles. The van der Waals surface area contributed by atoms with Gasteiger partial charge in [-0.3, -0.25) is 9.59 Å². The van der Waals surface area contributed by atoms with Gasteiger partial charge < -0.3 is 9.47 Å². The summed E-state index contributed by atoms with van der Waals surface area (Å²) in [5, 5.41) is 1.63. The Morgan fingerprint density at radius 3 is 2.28 bits per heavy atom. The lowest BCUT2D eigenvalue weighted by atomic mass is 9.70. The van der Waals surface area contributed by atoms with Crippen molar-refractivity contribution in [2.75, 3.05) is 14.2 Å². The molecule has 4 rings (SSSR count). The van der Waals surface area contributed by atoms with Crippen molar-refractivity contribution in [1.82, 2.24) is 4.98 Å². The molecule has 2 aromatic carbocycles. The van der Waals surface area contributed by atoms with Gasteiger partial charge in [0, 0.05) is 28.8 Å². The van der Waals surface area contributed by atoms with Crippen LogP contribution in [0.1, 0.15) is 16.7 Å². The Kier molecular flexibility index (Phi) is 4.79. The van der Waals surface area contributed by atoms with E-state index in [2.05, 4.69) is 0 Å². The van der Waals surface area contributed by atoms with Gasteiger partial charge in [0.25, 0.3) is 0 Å². The maximum Gasteiger partial charge on any atom is 0.323 e. The predicted octanol–water partition coefficient (Wildman–Crippen LogP) is 4.29. The number of hydrogen-bond acceptors (Lipinski definition) is 5. The van der Waals surface area contributed by atoms with Crippen LogP contribution in [0.4, 0.5) is 0 Å². The highest BCUT2D eigenvalue weighted by Crippen LogP contribution is 2.42. The molecule has 5 nitrogen and oxygen atoms in total. The van der Waals surface area contributed by atoms with Gasteiger partial charge >= 0.3 is 11.9 Å². The highest BCUT2D eigenvalue weighted by atomic mass is 35.5. The van der Waals surface area contributed by atoms with E-state index in [4.69, 9.17) is 26.1 Å². The number of nitrogens with zero attached hydrogens (tertiary/aromatic N) is 1. The minimum Gasteiger partial charge on any atom is -0.468 e. The largest absolute Gasteiger partial charge is 0.468 e. The number of carbonyl (C=O) groups excluding carboxylic acids is 2. The number of methoxy groups -OCH3 is 2. The molecular formula is C23H20ClNO4. The van der Waals surface area contributed by atoms with Crippen molar-refractivity contribution in [3.8, 4) is 11.3 Å². The Balaban J connectivity index is 1.97. The van der Waals surface area contributed by atoms with Gasteiger partial charge in [-0.05, 0) is 47.9 Å². The van der Waals surface area contributed by atoms with Gasteiger partial charge in [0.2, 0.25) is 0 Å². The highest BCUT2D eigenvalue weighted by Gasteiger charge is 2.51. The smallest absolute Gasteiger partial charge is 0.323 e. The lowest BCUT2D eigenvalue weighted by Crippen LogP contribution is -2.46. The second-order valence-corrected chi connectivity index (χ2v) is 7.78. The Hall–Kier alpha value is -2.92. The zero-order valence-electron chi connectivity index (χ0n) is 16.4. The molecule has 148 valence electrons. The van der Waals surface area contributed by atoms with Crippen LogP contribution in [0.25, 0.3) is 22.2 Å². The number of esters is 2. The third-order valence-corrected chi connectivity index (χ3v) is 5.91. The minimum absolute atomic E-state index is 0.197. The van der Waals surface area contributed by atoms with Gasteiger partial charge in [-0.2, -0.15) is 0 Å². The van der Waals surface area contributed by atoms with Crippen LogP contribution in [0.5, 0.6) is 0 Å². The molecule has 0 atom stereocenters. The SMILES string of the molecule is COC(=O)C1(C(=O)OC)Cc2cc(-c3ccc(Cl)cc3)nc3ccc(C)c(c23)C1. The number of rotatable bonds is 3. The van der Waals surface area contributed by atoms with E-state index in [0.717, 1.165) is 38.9 Å². The molecule has 1 aliphatic carbocycles. The average molecular weight is 410 g/mol. The lowest BCUT2D eigenvalue weighted by Gasteiger charge is -2.34. The average Bonchev–Trinajstić information content (AvgIpc) is 2.74. The first kappa shape index (κ1) is 19.4. The normalized spacial score (nSPS) is 14.5. The fraction of sp³-hybridized carbons (Fsp3) is 0.261. The zero-order valence-corrected chi connectivity index (χ0v) is 17.2. The molecule has 29 heavy (non-hydrogen) atoms. The number of carbonyl (C=O) groups is 2. The van der Waals surface area contributed by atoms with Gasteiger partial charge in [0.1, 0.15) is 0 Å². The summed E-state index contributed by atoms with van der Waals surface area (Å²) in [5.41, 5.74) is 3.88. The standard InChI is InChI=1S/C23H20ClNO4/c1-13-4-9-18-20-15(10-19(25-18)14-5-7-16(24)8-6-14)11-23(12-17(13)20,21(26)28-2)22(27)29-3/h4-10H,11-12H2,1-3H3. The molecule has 0 fully saturated rings. The van der Waals surface area contributed by atoms with E-state index in [-0.39, 0.29) is 12.8 Å². The summed E-state index contributed by atoms with van der Waals surface area (Å²) in [7, 11) is 2.59. The first-order valence-electron chi connectivity index (χ1n) is 9.24. The van der Waals surface area contributed by atoms with Crippen LogP contribution >= 0.6 is 11.6 Å². The first-order chi connectivity index (χ1) is 13.9. The van der Waals surface area contributed by atoms with Crippen molar-refractivity contribution in [3.05, 3.63) is 64.2 Å². The van der Waals surface area contributed by atoms with Crippen LogP contribution in [0, 0.1) is 12.3 Å². The maximum absolute atomic E-state index is 12.8. The highest BCUT2D eigenvalue weighted by molar-refractivity contribution is 6.30. The summed E-state index contributed by atoms with van der Waals surface area (Å²) in [6.45, 7) is 1.97. The molecule has 0 bridgehead atoms. The number of benzene rings is 2. The van der Waals surface area contributed by atoms with E-state index in [0.29, 0.717) is 5.02 Å². The maximum atomic E-state index is 12.8. The second kappa shape index (κ2) is 7.16. The molecule has 0 radical (unpaired) electrons. The van der Waals surface area contributed by atoms with Gasteiger partial charge in [-0.1, -0.05) is 29.8 Å². The van der Waals surface area contributed by atoms with E-state index in [9.17, 15) is 9.59 Å². The van der Waals surface area contributed by atoms with E-state index < -0.39 is 17.4 Å². The third kappa shape index (κ3) is 3.06. The molecular weight excluding hydrogens is 390 g/mol. The van der Waals surface area contributed by atoms with E-state index in [1.807, 2.05) is 49.4 Å². The number of pyridine rings is 1. The Labute approximate surface area is 173 Å². The molecule has 1 heterocycles. The molecule has 6 heteroatoms. The van der Waals surface area contributed by atoms with Crippen molar-refractivity contribution in [2.45, 2.75) is 19.8 Å². The zero-order chi connectivity index (χ0) is 20.8. The Bertz CT molecular complexity index is 1120. The molecule has 0 unspecified atom stereocenters. The first-order valence-corrected chi connectivity index (χ1v) is 9.62. The molecule has 0 saturated carbocycles. The summed E-state index contributed by atoms with van der Waals surface area (Å²) in [6, 6.07) is 13.3. The molecule has 0 aliphatic heterocycles. The summed E-state index contributed by atoms with van der Waals surface area (Å²) in [6.07, 6.45) is 0.424. The van der Waals surface area contributed by atoms with Crippen molar-refractivity contribution in [1.29, 1.82) is 0 Å². The van der Waals surface area contributed by atoms with Crippen LogP contribution in [0.3, 0.4) is 0 Å². The van der Waals surface area contributed by atoms with Crippen molar-refractivity contribution < 1.29 is 19.1 Å². The Morgan fingerprint density at radius 1 is 1.00 bits per heavy atom. The topological polar surface area (TPSA) is 65.5 Å². The minimum atomic E-state index is -1.41. The van der Waals surface area contributed by atoms with Crippen molar-refractivity contribution in [2.24, 2.45) is 5.41 Å². The number of aryl methyl sites for hydroxylation is 1. The summed E-state index contributed by atoms with van der Waals surface area (Å²) in [5.74, 6) is -1.17. The van der Waals surface area contributed by atoms with Gasteiger partial charge in [0.15, 0.2) is 5.41 Å². The molecule has 1 aromatic heterocycles. The molecule has 3 aromatic rings. The quantitative estimate of drug-likeness (QED) is 0.476. The second-order valence-electron chi connectivity index (χ2n) is 7.35. The van der Waals surface area contributed by atoms with Crippen LogP contribution < -0.4 is 0 Å². The lowest BCUT2D eigenvalue weighted by molar-refractivity contribution is -0.169. The van der Waals surface area contributed by atoms with Gasteiger partial charge in [-0.25, -0.2) is 4.98 Å². The fourth-order valence-electron chi connectivity index (χ4n) is 4.18. The van der Waals surface area contributed by atoms with Crippen molar-refractivity contribution >= 4 is 34.4 Å². The number of aromatic nitrogens is 1. The number of hydrogen-bond donors (Lipinski definition) is 0. The molecule has 0 amide bonds. The third-order valence-electron chi connectivity index (χ3n) is 5.66. The summed E-state index contributed by atoms with van der Waals surface area (Å²) in [4.78, 5) is 30.4. The fourth-order valence-corrected chi connectivity index (χ4v) is 4.30.